The van der Waals surface area contributed by atoms with Crippen molar-refractivity contribution in [3.63, 3.8) is 0 Å². The number of esters is 1. The second kappa shape index (κ2) is 7.55. The van der Waals surface area contributed by atoms with E-state index in [2.05, 4.69) is 0 Å². The number of hydrogen-bond donors (Lipinski definition) is 0. The molecule has 5 heteroatoms. The molecule has 2 atom stereocenters. The molecule has 20 heavy (non-hydrogen) atoms. The van der Waals surface area contributed by atoms with E-state index in [9.17, 15) is 9.00 Å². The molecule has 0 amide bonds. The molecule has 1 heterocycles. The summed E-state index contributed by atoms with van der Waals surface area (Å²) in [7, 11) is 0.331. The summed E-state index contributed by atoms with van der Waals surface area (Å²) < 4.78 is 22.6. The smallest absolute Gasteiger partial charge is 0.314 e. The van der Waals surface area contributed by atoms with Crippen LogP contribution in [0.2, 0.25) is 0 Å². The van der Waals surface area contributed by atoms with E-state index < -0.39 is 16.7 Å². The molecule has 0 bridgehead atoms. The van der Waals surface area contributed by atoms with Crippen LogP contribution in [-0.4, -0.2) is 41.5 Å². The Labute approximate surface area is 121 Å². The van der Waals surface area contributed by atoms with Crippen molar-refractivity contribution in [3.05, 3.63) is 35.9 Å². The molecular weight excluding hydrogens is 276 g/mol. The second-order valence-electron chi connectivity index (χ2n) is 4.85. The predicted octanol–water partition coefficient (Wildman–Crippen LogP) is 1.87. The van der Waals surface area contributed by atoms with Gasteiger partial charge in [-0.25, -0.2) is 0 Å². The average Bonchev–Trinajstić information content (AvgIpc) is 2.53. The molecule has 4 nitrogen and oxygen atoms in total. The van der Waals surface area contributed by atoms with Gasteiger partial charge in [-0.2, -0.15) is 0 Å². The Hall–Kier alpha value is -1.20. The highest BCUT2D eigenvalue weighted by atomic mass is 32.2. The second-order valence-corrected chi connectivity index (χ2v) is 6.61. The number of ether oxygens (including phenoxy) is 2. The van der Waals surface area contributed by atoms with E-state index in [0.717, 1.165) is 18.4 Å². The van der Waals surface area contributed by atoms with Gasteiger partial charge in [-0.15, -0.1) is 0 Å². The first-order chi connectivity index (χ1) is 9.72. The molecule has 1 aliphatic heterocycles. The molecule has 1 aromatic carbocycles. The zero-order valence-electron chi connectivity index (χ0n) is 11.6. The molecule has 0 N–H and O–H groups in total. The first-order valence-corrected chi connectivity index (χ1v) is 8.18. The third-order valence-corrected chi connectivity index (χ3v) is 5.44. The average molecular weight is 296 g/mol. The minimum Gasteiger partial charge on any atom is -0.469 e. The number of benzene rings is 1. The minimum absolute atomic E-state index is 0.125. The SMILES string of the molecule is COC(=O)C(CS(=O)C1CCOCC1)c1ccccc1. The van der Waals surface area contributed by atoms with E-state index in [-0.39, 0.29) is 11.2 Å². The molecule has 1 fully saturated rings. The number of methoxy groups -OCH3 is 1. The van der Waals surface area contributed by atoms with Crippen LogP contribution in [0.25, 0.3) is 0 Å². The van der Waals surface area contributed by atoms with Crippen molar-refractivity contribution in [1.29, 1.82) is 0 Å². The summed E-state index contributed by atoms with van der Waals surface area (Å²) in [6.45, 7) is 1.31. The van der Waals surface area contributed by atoms with Crippen molar-refractivity contribution < 1.29 is 18.5 Å². The molecule has 0 radical (unpaired) electrons. The van der Waals surface area contributed by atoms with Gasteiger partial charge in [0.15, 0.2) is 0 Å². The number of carbonyl (C=O) groups is 1. The third-order valence-electron chi connectivity index (χ3n) is 3.56. The van der Waals surface area contributed by atoms with Crippen LogP contribution in [0.1, 0.15) is 24.3 Å². The Bertz CT molecular complexity index is 454. The fraction of sp³-hybridized carbons (Fsp3) is 0.533. The molecule has 1 aromatic rings. The molecule has 1 aliphatic rings. The van der Waals surface area contributed by atoms with Crippen molar-refractivity contribution in [2.45, 2.75) is 24.0 Å². The topological polar surface area (TPSA) is 52.6 Å². The fourth-order valence-corrected chi connectivity index (χ4v) is 4.01. The standard InChI is InChI=1S/C15H20O4S/c1-18-15(16)14(12-5-3-2-4-6-12)11-20(17)13-7-9-19-10-8-13/h2-6,13-14H,7-11H2,1H3. The maximum absolute atomic E-state index is 12.4. The highest BCUT2D eigenvalue weighted by Crippen LogP contribution is 2.22. The molecular formula is C15H20O4S. The molecule has 110 valence electrons. The van der Waals surface area contributed by atoms with Crippen LogP contribution in [0.15, 0.2) is 30.3 Å². The van der Waals surface area contributed by atoms with Crippen molar-refractivity contribution in [2.75, 3.05) is 26.1 Å². The fourth-order valence-electron chi connectivity index (χ4n) is 2.37. The summed E-state index contributed by atoms with van der Waals surface area (Å²) in [6.07, 6.45) is 1.60. The Morgan fingerprint density at radius 3 is 2.60 bits per heavy atom. The molecule has 2 rings (SSSR count). The highest BCUT2D eigenvalue weighted by Gasteiger charge is 2.28. The van der Waals surface area contributed by atoms with E-state index in [0.29, 0.717) is 19.0 Å². The van der Waals surface area contributed by atoms with Gasteiger partial charge in [0.25, 0.3) is 0 Å². The summed E-state index contributed by atoms with van der Waals surface area (Å²) in [5.74, 6) is -0.456. The van der Waals surface area contributed by atoms with E-state index in [1.807, 2.05) is 30.3 Å². The van der Waals surface area contributed by atoms with Crippen LogP contribution < -0.4 is 0 Å². The maximum Gasteiger partial charge on any atom is 0.314 e. The summed E-state index contributed by atoms with van der Waals surface area (Å²) >= 11 is 0. The lowest BCUT2D eigenvalue weighted by Crippen LogP contribution is -2.30. The summed E-state index contributed by atoms with van der Waals surface area (Å²) in [4.78, 5) is 11.9. The normalized spacial score (nSPS) is 19.2. The molecule has 2 unspecified atom stereocenters. The third kappa shape index (κ3) is 3.90. The van der Waals surface area contributed by atoms with Gasteiger partial charge >= 0.3 is 5.97 Å². The van der Waals surface area contributed by atoms with Gasteiger partial charge < -0.3 is 9.47 Å². The summed E-state index contributed by atoms with van der Waals surface area (Å²) in [5.41, 5.74) is 0.861. The molecule has 0 spiro atoms. The first-order valence-electron chi connectivity index (χ1n) is 6.80. The van der Waals surface area contributed by atoms with E-state index >= 15 is 0 Å². The molecule has 0 aliphatic carbocycles. The van der Waals surface area contributed by atoms with E-state index in [1.54, 1.807) is 0 Å². The predicted molar refractivity (Wildman–Crippen MR) is 78.0 cm³/mol. The first kappa shape index (κ1) is 15.2. The van der Waals surface area contributed by atoms with Crippen molar-refractivity contribution in [3.8, 4) is 0 Å². The van der Waals surface area contributed by atoms with Crippen molar-refractivity contribution in [1.82, 2.24) is 0 Å². The van der Waals surface area contributed by atoms with Gasteiger partial charge in [0.05, 0.1) is 13.0 Å². The van der Waals surface area contributed by atoms with Crippen LogP contribution >= 0.6 is 0 Å². The molecule has 0 saturated carbocycles. The van der Waals surface area contributed by atoms with Gasteiger partial charge in [0.1, 0.15) is 0 Å². The Morgan fingerprint density at radius 1 is 1.35 bits per heavy atom. The zero-order chi connectivity index (χ0) is 14.4. The summed E-state index contributed by atoms with van der Waals surface area (Å²) in [5, 5.41) is 0.125. The van der Waals surface area contributed by atoms with Crippen LogP contribution in [0.3, 0.4) is 0 Å². The number of hydrogen-bond acceptors (Lipinski definition) is 4. The van der Waals surface area contributed by atoms with Crippen molar-refractivity contribution >= 4 is 16.8 Å². The zero-order valence-corrected chi connectivity index (χ0v) is 12.4. The number of rotatable bonds is 5. The minimum atomic E-state index is -1.04. The van der Waals surface area contributed by atoms with E-state index in [1.165, 1.54) is 7.11 Å². The van der Waals surface area contributed by atoms with Gasteiger partial charge in [-0.05, 0) is 18.4 Å². The van der Waals surface area contributed by atoms with Crippen LogP contribution in [0.4, 0.5) is 0 Å². The highest BCUT2D eigenvalue weighted by molar-refractivity contribution is 7.85. The van der Waals surface area contributed by atoms with Gasteiger partial charge in [0, 0.05) is 35.0 Å². The van der Waals surface area contributed by atoms with Crippen molar-refractivity contribution in [2.24, 2.45) is 0 Å². The monoisotopic (exact) mass is 296 g/mol. The lowest BCUT2D eigenvalue weighted by Gasteiger charge is -2.23. The Morgan fingerprint density at radius 2 is 2.00 bits per heavy atom. The van der Waals surface area contributed by atoms with E-state index in [4.69, 9.17) is 9.47 Å². The maximum atomic E-state index is 12.4. The lowest BCUT2D eigenvalue weighted by molar-refractivity contribution is -0.141. The van der Waals surface area contributed by atoms with Gasteiger partial charge in [-0.3, -0.25) is 9.00 Å². The van der Waals surface area contributed by atoms with Crippen LogP contribution in [-0.2, 0) is 25.1 Å². The van der Waals surface area contributed by atoms with Crippen LogP contribution in [0.5, 0.6) is 0 Å². The summed E-state index contributed by atoms with van der Waals surface area (Å²) in [6, 6.07) is 9.41. The molecule has 0 aromatic heterocycles. The lowest BCUT2D eigenvalue weighted by atomic mass is 10.0. The van der Waals surface area contributed by atoms with Crippen LogP contribution in [0, 0.1) is 0 Å². The Kier molecular flexibility index (Phi) is 5.73. The van der Waals surface area contributed by atoms with Gasteiger partial charge in [0.2, 0.25) is 0 Å². The number of carbonyl (C=O) groups excluding carboxylic acids is 1. The largest absolute Gasteiger partial charge is 0.469 e. The van der Waals surface area contributed by atoms with Gasteiger partial charge in [-0.1, -0.05) is 30.3 Å². The quantitative estimate of drug-likeness (QED) is 0.778. The Balaban J connectivity index is 2.08. The molecule has 1 saturated heterocycles.